The van der Waals surface area contributed by atoms with Gasteiger partial charge in [-0.3, -0.25) is 0 Å². The van der Waals surface area contributed by atoms with Crippen molar-refractivity contribution < 1.29 is 0 Å². The average molecular weight is 111 g/mol. The summed E-state index contributed by atoms with van der Waals surface area (Å²) in [5, 5.41) is 0. The zero-order valence-corrected chi connectivity index (χ0v) is 5.35. The van der Waals surface area contributed by atoms with Gasteiger partial charge in [-0.2, -0.15) is 0 Å². The molecule has 0 amide bonds. The highest BCUT2D eigenvalue weighted by atomic mass is 14.6. The Kier molecular flexibility index (Phi) is 1.69. The summed E-state index contributed by atoms with van der Waals surface area (Å²) in [5.74, 6) is 0. The molecule has 0 heterocycles. The van der Waals surface area contributed by atoms with Gasteiger partial charge in [-0.25, -0.2) is 0 Å². The summed E-state index contributed by atoms with van der Waals surface area (Å²) >= 11 is 0. The Hall–Kier alpha value is -0.300. The maximum atomic E-state index is 5.71. The highest BCUT2D eigenvalue weighted by Crippen LogP contribution is 2.14. The van der Waals surface area contributed by atoms with Crippen LogP contribution in [-0.4, -0.2) is 6.04 Å². The lowest BCUT2D eigenvalue weighted by Gasteiger charge is -2.15. The molecule has 0 fully saturated rings. The van der Waals surface area contributed by atoms with Crippen LogP contribution < -0.4 is 5.73 Å². The van der Waals surface area contributed by atoms with Gasteiger partial charge in [0.25, 0.3) is 0 Å². The SMILES string of the molecule is CC1=CCCCC1N. The first-order valence-corrected chi connectivity index (χ1v) is 3.23. The molecule has 2 N–H and O–H groups in total. The molecular weight excluding hydrogens is 98.1 g/mol. The van der Waals surface area contributed by atoms with Crippen molar-refractivity contribution in [2.75, 3.05) is 0 Å². The van der Waals surface area contributed by atoms with Crippen molar-refractivity contribution in [1.29, 1.82) is 0 Å². The second-order valence-corrected chi connectivity index (χ2v) is 2.49. The molecule has 1 atom stereocenters. The van der Waals surface area contributed by atoms with Gasteiger partial charge in [0.05, 0.1) is 0 Å². The quantitative estimate of drug-likeness (QED) is 0.470. The molecule has 0 aromatic heterocycles. The summed E-state index contributed by atoms with van der Waals surface area (Å²) < 4.78 is 0. The van der Waals surface area contributed by atoms with Crippen LogP contribution in [0.4, 0.5) is 0 Å². The average Bonchev–Trinajstić information content (AvgIpc) is 1.77. The number of hydrogen-bond acceptors (Lipinski definition) is 1. The van der Waals surface area contributed by atoms with E-state index < -0.39 is 0 Å². The summed E-state index contributed by atoms with van der Waals surface area (Å²) in [6.07, 6.45) is 5.94. The fourth-order valence-corrected chi connectivity index (χ4v) is 1.05. The molecule has 1 nitrogen and oxygen atoms in total. The number of rotatable bonds is 0. The molecule has 1 unspecified atom stereocenters. The van der Waals surface area contributed by atoms with Gasteiger partial charge in [-0.1, -0.05) is 11.6 Å². The third-order valence-corrected chi connectivity index (χ3v) is 1.77. The molecule has 0 aromatic rings. The lowest BCUT2D eigenvalue weighted by Crippen LogP contribution is -2.23. The van der Waals surface area contributed by atoms with Crippen molar-refractivity contribution in [2.24, 2.45) is 5.73 Å². The van der Waals surface area contributed by atoms with Crippen LogP contribution in [0, 0.1) is 0 Å². The molecule has 0 saturated carbocycles. The third-order valence-electron chi connectivity index (χ3n) is 1.77. The summed E-state index contributed by atoms with van der Waals surface area (Å²) in [5.41, 5.74) is 7.08. The van der Waals surface area contributed by atoms with Crippen LogP contribution in [0.3, 0.4) is 0 Å². The molecule has 0 aromatic carbocycles. The van der Waals surface area contributed by atoms with E-state index in [1.807, 2.05) is 0 Å². The first-order chi connectivity index (χ1) is 3.80. The highest BCUT2D eigenvalue weighted by molar-refractivity contribution is 5.09. The normalized spacial score (nSPS) is 29.8. The Morgan fingerprint density at radius 1 is 1.75 bits per heavy atom. The maximum Gasteiger partial charge on any atom is 0.0250 e. The van der Waals surface area contributed by atoms with Gasteiger partial charge >= 0.3 is 0 Å². The van der Waals surface area contributed by atoms with Crippen molar-refractivity contribution in [3.63, 3.8) is 0 Å². The van der Waals surface area contributed by atoms with Crippen molar-refractivity contribution >= 4 is 0 Å². The zero-order chi connectivity index (χ0) is 5.98. The maximum absolute atomic E-state index is 5.71. The van der Waals surface area contributed by atoms with Crippen LogP contribution in [0.2, 0.25) is 0 Å². The minimum Gasteiger partial charge on any atom is -0.324 e. The molecule has 0 radical (unpaired) electrons. The monoisotopic (exact) mass is 111 g/mol. The molecule has 0 spiro atoms. The van der Waals surface area contributed by atoms with Gasteiger partial charge in [0.1, 0.15) is 0 Å². The second-order valence-electron chi connectivity index (χ2n) is 2.49. The molecule has 1 aliphatic carbocycles. The van der Waals surface area contributed by atoms with Crippen molar-refractivity contribution in [3.8, 4) is 0 Å². The van der Waals surface area contributed by atoms with Crippen LogP contribution in [0.5, 0.6) is 0 Å². The van der Waals surface area contributed by atoms with Crippen LogP contribution in [-0.2, 0) is 0 Å². The molecule has 0 bridgehead atoms. The number of hydrogen-bond donors (Lipinski definition) is 1. The zero-order valence-electron chi connectivity index (χ0n) is 5.35. The van der Waals surface area contributed by atoms with E-state index in [1.165, 1.54) is 24.8 Å². The van der Waals surface area contributed by atoms with E-state index in [-0.39, 0.29) is 0 Å². The van der Waals surface area contributed by atoms with Crippen molar-refractivity contribution in [2.45, 2.75) is 32.2 Å². The van der Waals surface area contributed by atoms with E-state index in [4.69, 9.17) is 5.73 Å². The van der Waals surface area contributed by atoms with Crippen LogP contribution in [0.15, 0.2) is 11.6 Å². The van der Waals surface area contributed by atoms with E-state index in [2.05, 4.69) is 13.0 Å². The first kappa shape index (κ1) is 5.83. The van der Waals surface area contributed by atoms with Gasteiger partial charge in [0.2, 0.25) is 0 Å². The molecule has 8 heavy (non-hydrogen) atoms. The highest BCUT2D eigenvalue weighted by Gasteiger charge is 2.07. The van der Waals surface area contributed by atoms with Crippen LogP contribution in [0.1, 0.15) is 26.2 Å². The molecule has 1 aliphatic rings. The van der Waals surface area contributed by atoms with Crippen LogP contribution in [0.25, 0.3) is 0 Å². The van der Waals surface area contributed by atoms with E-state index >= 15 is 0 Å². The predicted molar refractivity (Wildman–Crippen MR) is 35.6 cm³/mol. The minimum absolute atomic E-state index is 0.365. The Balaban J connectivity index is 2.53. The molecule has 1 heteroatoms. The van der Waals surface area contributed by atoms with Gasteiger partial charge < -0.3 is 5.73 Å². The Labute approximate surface area is 50.6 Å². The summed E-state index contributed by atoms with van der Waals surface area (Å²) in [6, 6.07) is 0.365. The molecular formula is C7H13N. The standard InChI is InChI=1S/C7H13N/c1-6-4-2-3-5-7(6)8/h4,7H,2-3,5,8H2,1H3. The van der Waals surface area contributed by atoms with Gasteiger partial charge in [-0.05, 0) is 26.2 Å². The summed E-state index contributed by atoms with van der Waals surface area (Å²) in [7, 11) is 0. The van der Waals surface area contributed by atoms with Gasteiger partial charge in [-0.15, -0.1) is 0 Å². The summed E-state index contributed by atoms with van der Waals surface area (Å²) in [6.45, 7) is 2.11. The van der Waals surface area contributed by atoms with Gasteiger partial charge in [0, 0.05) is 6.04 Å². The van der Waals surface area contributed by atoms with Crippen molar-refractivity contribution in [1.82, 2.24) is 0 Å². The number of allylic oxidation sites excluding steroid dienone is 1. The minimum atomic E-state index is 0.365. The van der Waals surface area contributed by atoms with Crippen molar-refractivity contribution in [3.05, 3.63) is 11.6 Å². The summed E-state index contributed by atoms with van der Waals surface area (Å²) in [4.78, 5) is 0. The first-order valence-electron chi connectivity index (χ1n) is 3.23. The van der Waals surface area contributed by atoms with E-state index in [9.17, 15) is 0 Å². The van der Waals surface area contributed by atoms with E-state index in [1.54, 1.807) is 0 Å². The number of nitrogens with two attached hydrogens (primary N) is 1. The predicted octanol–water partition coefficient (Wildman–Crippen LogP) is 1.44. The van der Waals surface area contributed by atoms with E-state index in [0.29, 0.717) is 6.04 Å². The van der Waals surface area contributed by atoms with E-state index in [0.717, 1.165) is 0 Å². The molecule has 46 valence electrons. The van der Waals surface area contributed by atoms with Gasteiger partial charge in [0.15, 0.2) is 0 Å². The Morgan fingerprint density at radius 3 is 2.88 bits per heavy atom. The smallest absolute Gasteiger partial charge is 0.0250 e. The molecule has 0 saturated heterocycles. The third kappa shape index (κ3) is 1.10. The Morgan fingerprint density at radius 2 is 2.50 bits per heavy atom. The van der Waals surface area contributed by atoms with Crippen LogP contribution >= 0.6 is 0 Å². The molecule has 0 aliphatic heterocycles. The second kappa shape index (κ2) is 2.31. The molecule has 1 rings (SSSR count). The lowest BCUT2D eigenvalue weighted by molar-refractivity contribution is 0.615. The largest absolute Gasteiger partial charge is 0.324 e. The topological polar surface area (TPSA) is 26.0 Å². The fourth-order valence-electron chi connectivity index (χ4n) is 1.05. The Bertz CT molecular complexity index is 105. The lowest BCUT2D eigenvalue weighted by atomic mass is 9.96. The fraction of sp³-hybridized carbons (Fsp3) is 0.714.